The van der Waals surface area contributed by atoms with Crippen molar-refractivity contribution in [2.45, 2.75) is 19.9 Å². The van der Waals surface area contributed by atoms with E-state index in [-0.39, 0.29) is 17.5 Å². The van der Waals surface area contributed by atoms with Crippen molar-refractivity contribution in [1.82, 2.24) is 0 Å². The van der Waals surface area contributed by atoms with Gasteiger partial charge in [-0.3, -0.25) is 14.4 Å². The SMILES string of the molecule is CC(C)C(N)C(=O)O.O=C1c2ccccc2C(=O)c2ccccc21. The van der Waals surface area contributed by atoms with Gasteiger partial charge in [0.05, 0.1) is 0 Å². The number of rotatable bonds is 2. The van der Waals surface area contributed by atoms with Gasteiger partial charge in [-0.05, 0) is 5.92 Å². The van der Waals surface area contributed by atoms with Gasteiger partial charge in [0, 0.05) is 22.3 Å². The predicted octanol–water partition coefficient (Wildman–Crippen LogP) is 2.52. The lowest BCUT2D eigenvalue weighted by Crippen LogP contribution is -2.34. The maximum absolute atomic E-state index is 12.1. The summed E-state index contributed by atoms with van der Waals surface area (Å²) in [5, 5.41) is 8.23. The van der Waals surface area contributed by atoms with Crippen molar-refractivity contribution < 1.29 is 19.5 Å². The predicted molar refractivity (Wildman–Crippen MR) is 90.2 cm³/mol. The highest BCUT2D eigenvalue weighted by Gasteiger charge is 2.28. The first-order chi connectivity index (χ1) is 11.3. The highest BCUT2D eigenvalue weighted by molar-refractivity contribution is 6.28. The number of carbonyl (C=O) groups is 3. The van der Waals surface area contributed by atoms with Gasteiger partial charge in [-0.15, -0.1) is 0 Å². The zero-order valence-electron chi connectivity index (χ0n) is 13.5. The van der Waals surface area contributed by atoms with Gasteiger partial charge in [-0.1, -0.05) is 62.4 Å². The Balaban J connectivity index is 0.000000224. The average molecular weight is 325 g/mol. The van der Waals surface area contributed by atoms with Gasteiger partial charge < -0.3 is 10.8 Å². The number of ketones is 2. The molecule has 0 heterocycles. The maximum atomic E-state index is 12.1. The molecule has 0 spiro atoms. The lowest BCUT2D eigenvalue weighted by molar-refractivity contribution is -0.139. The Hall–Kier alpha value is -2.79. The third kappa shape index (κ3) is 3.41. The van der Waals surface area contributed by atoms with Gasteiger partial charge in [0.25, 0.3) is 0 Å². The maximum Gasteiger partial charge on any atom is 0.320 e. The van der Waals surface area contributed by atoms with Gasteiger partial charge in [0.15, 0.2) is 11.6 Å². The minimum Gasteiger partial charge on any atom is -0.480 e. The van der Waals surface area contributed by atoms with E-state index in [0.29, 0.717) is 22.3 Å². The molecule has 2 aromatic carbocycles. The van der Waals surface area contributed by atoms with Crippen molar-refractivity contribution in [2.75, 3.05) is 0 Å². The summed E-state index contributed by atoms with van der Waals surface area (Å²) in [7, 11) is 0. The smallest absolute Gasteiger partial charge is 0.320 e. The molecule has 5 heteroatoms. The summed E-state index contributed by atoms with van der Waals surface area (Å²) in [4.78, 5) is 34.2. The van der Waals surface area contributed by atoms with Crippen LogP contribution in [0.1, 0.15) is 45.7 Å². The first-order valence-electron chi connectivity index (χ1n) is 7.60. The molecule has 1 aliphatic carbocycles. The molecular weight excluding hydrogens is 306 g/mol. The van der Waals surface area contributed by atoms with Crippen LogP contribution in [0.15, 0.2) is 48.5 Å². The molecule has 24 heavy (non-hydrogen) atoms. The molecule has 3 N–H and O–H groups in total. The van der Waals surface area contributed by atoms with Crippen molar-refractivity contribution in [3.63, 3.8) is 0 Å². The number of hydrogen-bond acceptors (Lipinski definition) is 4. The molecule has 124 valence electrons. The lowest BCUT2D eigenvalue weighted by Gasteiger charge is -2.16. The van der Waals surface area contributed by atoms with Crippen LogP contribution in [0.25, 0.3) is 0 Å². The second-order valence-electron chi connectivity index (χ2n) is 5.86. The summed E-state index contributed by atoms with van der Waals surface area (Å²) in [5.74, 6) is -1.04. The van der Waals surface area contributed by atoms with Crippen LogP contribution in [0.2, 0.25) is 0 Å². The summed E-state index contributed by atoms with van der Waals surface area (Å²) >= 11 is 0. The van der Waals surface area contributed by atoms with Crippen LogP contribution in [0.4, 0.5) is 0 Å². The van der Waals surface area contributed by atoms with Crippen LogP contribution >= 0.6 is 0 Å². The molecule has 5 nitrogen and oxygen atoms in total. The van der Waals surface area contributed by atoms with Crippen molar-refractivity contribution in [3.05, 3.63) is 70.8 Å². The van der Waals surface area contributed by atoms with Crippen LogP contribution in [-0.4, -0.2) is 28.7 Å². The molecule has 3 rings (SSSR count). The molecule has 1 aliphatic rings. The van der Waals surface area contributed by atoms with E-state index in [1.54, 1.807) is 62.4 Å². The Morgan fingerprint density at radius 2 is 1.12 bits per heavy atom. The molecule has 0 saturated heterocycles. The van der Waals surface area contributed by atoms with Crippen molar-refractivity contribution in [1.29, 1.82) is 0 Å². The first kappa shape index (κ1) is 17.6. The lowest BCUT2D eigenvalue weighted by atomic mass is 9.84. The van der Waals surface area contributed by atoms with Gasteiger partial charge >= 0.3 is 5.97 Å². The monoisotopic (exact) mass is 325 g/mol. The Bertz CT molecular complexity index is 690. The van der Waals surface area contributed by atoms with E-state index in [4.69, 9.17) is 10.8 Å². The zero-order valence-corrected chi connectivity index (χ0v) is 13.5. The summed E-state index contributed by atoms with van der Waals surface area (Å²) in [6.07, 6.45) is 0. The number of carboxylic acid groups (broad SMARTS) is 1. The molecule has 1 unspecified atom stereocenters. The summed E-state index contributed by atoms with van der Waals surface area (Å²) in [6, 6.07) is 13.2. The van der Waals surface area contributed by atoms with E-state index in [0.717, 1.165) is 0 Å². The molecule has 0 aromatic heterocycles. The number of nitrogens with two attached hydrogens (primary N) is 1. The van der Waals surface area contributed by atoms with Crippen LogP contribution in [-0.2, 0) is 4.79 Å². The van der Waals surface area contributed by atoms with Crippen molar-refractivity contribution in [3.8, 4) is 0 Å². The van der Waals surface area contributed by atoms with E-state index in [1.807, 2.05) is 0 Å². The second kappa shape index (κ2) is 7.19. The normalized spacial score (nSPS) is 13.5. The highest BCUT2D eigenvalue weighted by atomic mass is 16.4. The number of benzene rings is 2. The fourth-order valence-corrected chi connectivity index (χ4v) is 2.33. The number of aliphatic carboxylic acids is 1. The average Bonchev–Trinajstić information content (AvgIpc) is 2.59. The largest absolute Gasteiger partial charge is 0.480 e. The summed E-state index contributed by atoms with van der Waals surface area (Å²) < 4.78 is 0. The van der Waals surface area contributed by atoms with E-state index >= 15 is 0 Å². The van der Waals surface area contributed by atoms with Crippen molar-refractivity contribution >= 4 is 17.5 Å². The van der Waals surface area contributed by atoms with Gasteiger partial charge in [0.2, 0.25) is 0 Å². The molecule has 0 aliphatic heterocycles. The first-order valence-corrected chi connectivity index (χ1v) is 7.60. The molecule has 0 amide bonds. The van der Waals surface area contributed by atoms with Gasteiger partial charge in [-0.25, -0.2) is 0 Å². The highest BCUT2D eigenvalue weighted by Crippen LogP contribution is 2.26. The van der Waals surface area contributed by atoms with E-state index in [9.17, 15) is 14.4 Å². The number of fused-ring (bicyclic) bond motifs is 2. The standard InChI is InChI=1S/C14H8O2.C5H11NO2/c15-13-9-5-1-2-6-10(9)14(16)12-8-4-3-7-11(12)13;1-3(2)4(6)5(7)8/h1-8H;3-4H,6H2,1-2H3,(H,7,8). The third-order valence-corrected chi connectivity index (χ3v) is 3.84. The molecule has 0 saturated carbocycles. The Labute approximate surface area is 140 Å². The van der Waals surface area contributed by atoms with Crippen LogP contribution in [0.5, 0.6) is 0 Å². The molecule has 0 fully saturated rings. The quantitative estimate of drug-likeness (QED) is 0.754. The third-order valence-electron chi connectivity index (χ3n) is 3.84. The Morgan fingerprint density at radius 1 is 0.833 bits per heavy atom. The molecule has 1 atom stereocenters. The minimum atomic E-state index is -0.931. The second-order valence-corrected chi connectivity index (χ2v) is 5.86. The molecule has 0 bridgehead atoms. The van der Waals surface area contributed by atoms with E-state index in [1.165, 1.54) is 0 Å². The Kier molecular flexibility index (Phi) is 5.26. The topological polar surface area (TPSA) is 97.5 Å². The Morgan fingerprint density at radius 3 is 1.29 bits per heavy atom. The van der Waals surface area contributed by atoms with E-state index < -0.39 is 12.0 Å². The zero-order chi connectivity index (χ0) is 17.9. The summed E-state index contributed by atoms with van der Waals surface area (Å²) in [6.45, 7) is 3.55. The van der Waals surface area contributed by atoms with Gasteiger partial charge in [-0.2, -0.15) is 0 Å². The van der Waals surface area contributed by atoms with Crippen LogP contribution < -0.4 is 5.73 Å². The molecular formula is C19H19NO4. The van der Waals surface area contributed by atoms with Crippen LogP contribution in [0.3, 0.4) is 0 Å². The summed E-state index contributed by atoms with van der Waals surface area (Å²) in [5.41, 5.74) is 7.18. The fourth-order valence-electron chi connectivity index (χ4n) is 2.33. The van der Waals surface area contributed by atoms with Crippen LogP contribution in [0, 0.1) is 5.92 Å². The number of carbonyl (C=O) groups excluding carboxylic acids is 2. The van der Waals surface area contributed by atoms with Gasteiger partial charge in [0.1, 0.15) is 6.04 Å². The molecule has 2 aromatic rings. The molecule has 0 radical (unpaired) electrons. The number of hydrogen-bond donors (Lipinski definition) is 2. The van der Waals surface area contributed by atoms with E-state index in [2.05, 4.69) is 0 Å². The number of carboxylic acids is 1. The minimum absolute atomic E-state index is 0.0208. The fraction of sp³-hybridized carbons (Fsp3) is 0.211. The van der Waals surface area contributed by atoms with Crippen molar-refractivity contribution in [2.24, 2.45) is 11.7 Å².